The van der Waals surface area contributed by atoms with Crippen LogP contribution in [0.15, 0.2) is 29.2 Å². The summed E-state index contributed by atoms with van der Waals surface area (Å²) in [5.74, 6) is -1.12. The largest absolute Gasteiger partial charge is 0.478 e. The Morgan fingerprint density at radius 1 is 1.53 bits per heavy atom. The van der Waals surface area contributed by atoms with Crippen molar-refractivity contribution in [3.63, 3.8) is 0 Å². The van der Waals surface area contributed by atoms with Gasteiger partial charge in [0.1, 0.15) is 4.32 Å². The molecule has 4 nitrogen and oxygen atoms in total. The number of hydrogen-bond acceptors (Lipinski definition) is 4. The summed E-state index contributed by atoms with van der Waals surface area (Å²) in [7, 11) is 0. The fourth-order valence-electron chi connectivity index (χ4n) is 1.69. The highest BCUT2D eigenvalue weighted by atomic mass is 32.2. The first-order valence-electron chi connectivity index (χ1n) is 5.61. The molecule has 6 heteroatoms. The van der Waals surface area contributed by atoms with Crippen LogP contribution in [-0.4, -0.2) is 32.7 Å². The molecule has 0 aromatic heterocycles. The van der Waals surface area contributed by atoms with E-state index in [2.05, 4.69) is 0 Å². The van der Waals surface area contributed by atoms with Crippen LogP contribution in [0.1, 0.15) is 22.8 Å². The van der Waals surface area contributed by atoms with Crippen LogP contribution < -0.4 is 0 Å². The zero-order valence-corrected chi connectivity index (χ0v) is 11.8. The van der Waals surface area contributed by atoms with Crippen LogP contribution in [0.5, 0.6) is 0 Å². The molecule has 0 spiro atoms. The Morgan fingerprint density at radius 2 is 2.26 bits per heavy atom. The molecule has 0 saturated carbocycles. The second kappa shape index (κ2) is 5.54. The monoisotopic (exact) mass is 293 g/mol. The minimum absolute atomic E-state index is 0.127. The number of nitrogens with zero attached hydrogens (tertiary/aromatic N) is 1. The summed E-state index contributed by atoms with van der Waals surface area (Å²) in [4.78, 5) is 24.9. The van der Waals surface area contributed by atoms with Gasteiger partial charge in [0.2, 0.25) is 0 Å². The molecule has 0 bridgehead atoms. The Balaban J connectivity index is 2.32. The molecule has 1 fully saturated rings. The summed E-state index contributed by atoms with van der Waals surface area (Å²) in [5, 5.41) is 8.92. The van der Waals surface area contributed by atoms with Gasteiger partial charge in [0.05, 0.1) is 10.5 Å². The highest BCUT2D eigenvalue weighted by Gasteiger charge is 2.30. The summed E-state index contributed by atoms with van der Waals surface area (Å²) in [5.41, 5.74) is 0.872. The molecular formula is C13H11NO3S2. The van der Waals surface area contributed by atoms with Gasteiger partial charge in [-0.2, -0.15) is 0 Å². The van der Waals surface area contributed by atoms with Crippen LogP contribution in [-0.2, 0) is 4.79 Å². The molecule has 1 N–H and O–H groups in total. The lowest BCUT2D eigenvalue weighted by Gasteiger charge is -2.09. The van der Waals surface area contributed by atoms with Crippen LogP contribution in [0, 0.1) is 0 Å². The van der Waals surface area contributed by atoms with Gasteiger partial charge in [-0.3, -0.25) is 9.69 Å². The van der Waals surface area contributed by atoms with E-state index in [1.54, 1.807) is 18.2 Å². The molecule has 0 atom stereocenters. The number of benzene rings is 1. The quantitative estimate of drug-likeness (QED) is 0.686. The van der Waals surface area contributed by atoms with Gasteiger partial charge in [0, 0.05) is 6.54 Å². The Bertz CT molecular complexity index is 595. The van der Waals surface area contributed by atoms with E-state index in [4.69, 9.17) is 17.3 Å². The molecule has 1 amide bonds. The van der Waals surface area contributed by atoms with Gasteiger partial charge in [0.15, 0.2) is 0 Å². The van der Waals surface area contributed by atoms with Crippen LogP contribution in [0.3, 0.4) is 0 Å². The number of thioether (sulfide) groups is 1. The highest BCUT2D eigenvalue weighted by molar-refractivity contribution is 8.26. The van der Waals surface area contributed by atoms with Crippen molar-refractivity contribution >= 4 is 46.3 Å². The van der Waals surface area contributed by atoms with E-state index < -0.39 is 5.97 Å². The standard InChI is InChI=1S/C13H11NO3S2/c1-2-14-11(15)10(19-13(14)18)7-8-4-3-5-9(6-8)12(16)17/h3-7H,2H2,1H3,(H,16,17)/b10-7-. The number of hydrogen-bond donors (Lipinski definition) is 1. The molecule has 0 radical (unpaired) electrons. The smallest absolute Gasteiger partial charge is 0.335 e. The normalized spacial score (nSPS) is 17.3. The van der Waals surface area contributed by atoms with E-state index >= 15 is 0 Å². The van der Waals surface area contributed by atoms with Crippen molar-refractivity contribution in [3.05, 3.63) is 40.3 Å². The topological polar surface area (TPSA) is 57.6 Å². The van der Waals surface area contributed by atoms with Gasteiger partial charge in [0.25, 0.3) is 5.91 Å². The van der Waals surface area contributed by atoms with Crippen molar-refractivity contribution in [3.8, 4) is 0 Å². The van der Waals surface area contributed by atoms with Gasteiger partial charge in [-0.15, -0.1) is 0 Å². The first kappa shape index (κ1) is 13.8. The van der Waals surface area contributed by atoms with Crippen molar-refractivity contribution in [2.75, 3.05) is 6.54 Å². The summed E-state index contributed by atoms with van der Waals surface area (Å²) in [6.07, 6.45) is 1.67. The minimum Gasteiger partial charge on any atom is -0.478 e. The molecule has 1 aromatic rings. The van der Waals surface area contributed by atoms with Gasteiger partial charge >= 0.3 is 5.97 Å². The number of rotatable bonds is 3. The highest BCUT2D eigenvalue weighted by Crippen LogP contribution is 2.32. The van der Waals surface area contributed by atoms with Gasteiger partial charge in [-0.1, -0.05) is 36.1 Å². The van der Waals surface area contributed by atoms with E-state index in [9.17, 15) is 9.59 Å². The number of thiocarbonyl (C=S) groups is 1. The first-order valence-corrected chi connectivity index (χ1v) is 6.84. The molecule has 98 valence electrons. The molecule has 1 saturated heterocycles. The lowest BCUT2D eigenvalue weighted by Crippen LogP contribution is -2.27. The van der Waals surface area contributed by atoms with E-state index in [1.807, 2.05) is 6.92 Å². The van der Waals surface area contributed by atoms with E-state index in [0.29, 0.717) is 21.3 Å². The van der Waals surface area contributed by atoms with E-state index in [0.717, 1.165) is 0 Å². The van der Waals surface area contributed by atoms with E-state index in [-0.39, 0.29) is 11.5 Å². The number of aromatic carboxylic acids is 1. The fraction of sp³-hybridized carbons (Fsp3) is 0.154. The maximum Gasteiger partial charge on any atom is 0.335 e. The van der Waals surface area contributed by atoms with Crippen molar-refractivity contribution in [1.82, 2.24) is 4.90 Å². The summed E-state index contributed by atoms with van der Waals surface area (Å²) >= 11 is 6.35. The average molecular weight is 293 g/mol. The Labute approximate surface area is 120 Å². The first-order chi connectivity index (χ1) is 9.02. The number of carboxylic acids is 1. The van der Waals surface area contributed by atoms with Crippen molar-refractivity contribution < 1.29 is 14.7 Å². The number of likely N-dealkylation sites (N-methyl/N-ethyl adjacent to an activating group) is 1. The lowest BCUT2D eigenvalue weighted by molar-refractivity contribution is -0.121. The average Bonchev–Trinajstić information content (AvgIpc) is 2.64. The zero-order valence-electron chi connectivity index (χ0n) is 10.1. The Morgan fingerprint density at radius 3 is 2.84 bits per heavy atom. The fourth-order valence-corrected chi connectivity index (χ4v) is 3.07. The van der Waals surface area contributed by atoms with Crippen molar-refractivity contribution in [1.29, 1.82) is 0 Å². The Hall–Kier alpha value is -1.66. The predicted molar refractivity (Wildman–Crippen MR) is 79.0 cm³/mol. The molecule has 19 heavy (non-hydrogen) atoms. The maximum atomic E-state index is 12.0. The second-order valence-corrected chi connectivity index (χ2v) is 5.53. The summed E-state index contributed by atoms with van der Waals surface area (Å²) < 4.78 is 0.535. The van der Waals surface area contributed by atoms with Crippen LogP contribution in [0.4, 0.5) is 0 Å². The zero-order chi connectivity index (χ0) is 14.0. The number of carbonyl (C=O) groups is 2. The van der Waals surface area contributed by atoms with Crippen molar-refractivity contribution in [2.45, 2.75) is 6.92 Å². The van der Waals surface area contributed by atoms with Gasteiger partial charge in [-0.25, -0.2) is 4.79 Å². The number of carboxylic acid groups (broad SMARTS) is 1. The molecular weight excluding hydrogens is 282 g/mol. The molecule has 0 unspecified atom stereocenters. The van der Waals surface area contributed by atoms with Crippen molar-refractivity contribution in [2.24, 2.45) is 0 Å². The Kier molecular flexibility index (Phi) is 4.01. The van der Waals surface area contributed by atoms with E-state index in [1.165, 1.54) is 28.8 Å². The number of amides is 1. The third-order valence-corrected chi connectivity index (χ3v) is 4.00. The lowest BCUT2D eigenvalue weighted by atomic mass is 10.1. The van der Waals surface area contributed by atoms with Crippen LogP contribution >= 0.6 is 24.0 Å². The number of carbonyl (C=O) groups excluding carboxylic acids is 1. The third-order valence-electron chi connectivity index (χ3n) is 2.62. The third kappa shape index (κ3) is 2.85. The molecule has 1 aromatic carbocycles. The maximum absolute atomic E-state index is 12.0. The molecule has 2 rings (SSSR count). The molecule has 0 aliphatic carbocycles. The predicted octanol–water partition coefficient (Wildman–Crippen LogP) is 2.61. The SMILES string of the molecule is CCN1C(=O)/C(=C/c2cccc(C(=O)O)c2)SC1=S. The molecule has 1 heterocycles. The van der Waals surface area contributed by atoms with Crippen LogP contribution in [0.25, 0.3) is 6.08 Å². The summed E-state index contributed by atoms with van der Waals surface area (Å²) in [6.45, 7) is 2.40. The summed E-state index contributed by atoms with van der Waals surface area (Å²) in [6, 6.07) is 6.44. The minimum atomic E-state index is -0.989. The second-order valence-electron chi connectivity index (χ2n) is 3.86. The van der Waals surface area contributed by atoms with Crippen LogP contribution in [0.2, 0.25) is 0 Å². The molecule has 1 aliphatic rings. The van der Waals surface area contributed by atoms with Gasteiger partial charge in [-0.05, 0) is 30.7 Å². The molecule has 1 aliphatic heterocycles. The van der Waals surface area contributed by atoms with Gasteiger partial charge < -0.3 is 5.11 Å².